The predicted octanol–water partition coefficient (Wildman–Crippen LogP) is 5.56. The molecular formula is C28H30ClFN4O2. The van der Waals surface area contributed by atoms with Crippen LogP contribution in [0.4, 0.5) is 4.39 Å². The van der Waals surface area contributed by atoms with Crippen molar-refractivity contribution in [3.05, 3.63) is 82.9 Å². The molecule has 0 spiro atoms. The molecule has 1 unspecified atom stereocenters. The van der Waals surface area contributed by atoms with E-state index in [1.807, 2.05) is 35.0 Å². The molecule has 1 fully saturated rings. The average molecular weight is 509 g/mol. The van der Waals surface area contributed by atoms with E-state index in [-0.39, 0.29) is 23.8 Å². The molecule has 1 aliphatic rings. The van der Waals surface area contributed by atoms with Crippen molar-refractivity contribution in [1.29, 1.82) is 0 Å². The van der Waals surface area contributed by atoms with E-state index in [1.165, 1.54) is 17.7 Å². The molecule has 3 atom stereocenters. The molecule has 0 bridgehead atoms. The van der Waals surface area contributed by atoms with Crippen molar-refractivity contribution in [3.63, 3.8) is 0 Å². The fraction of sp³-hybridized carbons (Fsp3) is 0.321. The zero-order chi connectivity index (χ0) is 25.2. The smallest absolute Gasteiger partial charge is 0.141 e. The number of rotatable bonds is 7. The Kier molecular flexibility index (Phi) is 7.14. The SMILES string of the molecule is COc1cc(OC)c(-c2cn3ccc(C4C[C@H](N)CC[C@H]4NCc4ccc(F)cc4)cc3n2)cc1Cl. The number of nitrogens with one attached hydrogen (secondary N) is 1. The number of hydrogen-bond donors (Lipinski definition) is 2. The van der Waals surface area contributed by atoms with Crippen LogP contribution in [0.3, 0.4) is 0 Å². The summed E-state index contributed by atoms with van der Waals surface area (Å²) >= 11 is 6.39. The molecule has 3 N–H and O–H groups in total. The summed E-state index contributed by atoms with van der Waals surface area (Å²) in [4.78, 5) is 4.89. The van der Waals surface area contributed by atoms with Crippen LogP contribution in [-0.4, -0.2) is 35.7 Å². The van der Waals surface area contributed by atoms with E-state index >= 15 is 0 Å². The van der Waals surface area contributed by atoms with Gasteiger partial charge in [0.15, 0.2) is 0 Å². The second-order valence-corrected chi connectivity index (χ2v) is 9.74. The van der Waals surface area contributed by atoms with E-state index in [0.29, 0.717) is 23.1 Å². The van der Waals surface area contributed by atoms with E-state index in [2.05, 4.69) is 17.4 Å². The topological polar surface area (TPSA) is 73.8 Å². The third kappa shape index (κ3) is 5.05. The van der Waals surface area contributed by atoms with Gasteiger partial charge in [0.25, 0.3) is 0 Å². The van der Waals surface area contributed by atoms with Gasteiger partial charge in [-0.3, -0.25) is 0 Å². The van der Waals surface area contributed by atoms with Crippen LogP contribution in [0.25, 0.3) is 16.9 Å². The highest BCUT2D eigenvalue weighted by molar-refractivity contribution is 6.32. The van der Waals surface area contributed by atoms with Crippen molar-refractivity contribution in [2.24, 2.45) is 5.73 Å². The first-order chi connectivity index (χ1) is 17.4. The molecule has 2 aromatic heterocycles. The maximum atomic E-state index is 13.3. The first-order valence-corrected chi connectivity index (χ1v) is 12.5. The largest absolute Gasteiger partial charge is 0.496 e. The predicted molar refractivity (Wildman–Crippen MR) is 140 cm³/mol. The lowest BCUT2D eigenvalue weighted by molar-refractivity contribution is 0.299. The molecule has 2 heterocycles. The van der Waals surface area contributed by atoms with Gasteiger partial charge in [-0.15, -0.1) is 0 Å². The van der Waals surface area contributed by atoms with Crippen LogP contribution in [0.15, 0.2) is 60.9 Å². The van der Waals surface area contributed by atoms with Crippen LogP contribution < -0.4 is 20.5 Å². The molecule has 1 aliphatic carbocycles. The van der Waals surface area contributed by atoms with Crippen LogP contribution in [0.2, 0.25) is 5.02 Å². The van der Waals surface area contributed by atoms with Gasteiger partial charge in [-0.25, -0.2) is 9.37 Å². The van der Waals surface area contributed by atoms with E-state index in [0.717, 1.165) is 41.7 Å². The highest BCUT2D eigenvalue weighted by atomic mass is 35.5. The number of nitrogens with two attached hydrogens (primary N) is 1. The number of pyridine rings is 1. The Morgan fingerprint density at radius 2 is 1.86 bits per heavy atom. The Balaban J connectivity index is 1.43. The summed E-state index contributed by atoms with van der Waals surface area (Å²) in [6.07, 6.45) is 6.87. The van der Waals surface area contributed by atoms with E-state index < -0.39 is 0 Å². The van der Waals surface area contributed by atoms with Crippen LogP contribution in [-0.2, 0) is 6.54 Å². The summed E-state index contributed by atoms with van der Waals surface area (Å²) in [6, 6.07) is 14.9. The van der Waals surface area contributed by atoms with E-state index in [1.54, 1.807) is 20.3 Å². The molecule has 5 rings (SSSR count). The summed E-state index contributed by atoms with van der Waals surface area (Å²) in [5.74, 6) is 1.23. The van der Waals surface area contributed by atoms with Crippen LogP contribution in [0.5, 0.6) is 11.5 Å². The first-order valence-electron chi connectivity index (χ1n) is 12.1. The fourth-order valence-corrected chi connectivity index (χ4v) is 5.33. The minimum absolute atomic E-state index is 0.163. The second kappa shape index (κ2) is 10.5. The highest BCUT2D eigenvalue weighted by Crippen LogP contribution is 2.39. The maximum Gasteiger partial charge on any atom is 0.141 e. The summed E-state index contributed by atoms with van der Waals surface area (Å²) in [6.45, 7) is 0.685. The molecule has 1 saturated carbocycles. The quantitative estimate of drug-likeness (QED) is 0.341. The lowest BCUT2D eigenvalue weighted by atomic mass is 9.78. The Labute approximate surface area is 215 Å². The minimum atomic E-state index is -0.220. The Hall–Kier alpha value is -3.13. The monoisotopic (exact) mass is 508 g/mol. The molecule has 8 heteroatoms. The van der Waals surface area contributed by atoms with E-state index in [9.17, 15) is 4.39 Å². The normalized spacial score (nSPS) is 20.0. The zero-order valence-corrected chi connectivity index (χ0v) is 21.1. The first kappa shape index (κ1) is 24.6. The molecule has 6 nitrogen and oxygen atoms in total. The third-order valence-corrected chi connectivity index (χ3v) is 7.33. The molecular weight excluding hydrogens is 479 g/mol. The van der Waals surface area contributed by atoms with Gasteiger partial charge in [-0.1, -0.05) is 23.7 Å². The van der Waals surface area contributed by atoms with Gasteiger partial charge in [0.1, 0.15) is 23.0 Å². The van der Waals surface area contributed by atoms with Gasteiger partial charge >= 0.3 is 0 Å². The van der Waals surface area contributed by atoms with Crippen molar-refractivity contribution in [2.75, 3.05) is 14.2 Å². The molecule has 188 valence electrons. The maximum absolute atomic E-state index is 13.3. The number of methoxy groups -OCH3 is 2. The highest BCUT2D eigenvalue weighted by Gasteiger charge is 2.30. The number of halogens is 2. The molecule has 4 aromatic rings. The summed E-state index contributed by atoms with van der Waals surface area (Å²) in [5.41, 5.74) is 11.0. The molecule has 0 saturated heterocycles. The van der Waals surface area contributed by atoms with Crippen molar-refractivity contribution in [2.45, 2.75) is 43.8 Å². The van der Waals surface area contributed by atoms with Gasteiger partial charge in [0.05, 0.1) is 24.9 Å². The number of hydrogen-bond acceptors (Lipinski definition) is 5. The Morgan fingerprint density at radius 1 is 1.08 bits per heavy atom. The number of nitrogens with zero attached hydrogens (tertiary/aromatic N) is 2. The second-order valence-electron chi connectivity index (χ2n) is 9.33. The molecule has 0 amide bonds. The van der Waals surface area contributed by atoms with Gasteiger partial charge in [0, 0.05) is 48.6 Å². The molecule has 0 aliphatic heterocycles. The summed E-state index contributed by atoms with van der Waals surface area (Å²) in [7, 11) is 3.19. The van der Waals surface area contributed by atoms with E-state index in [4.69, 9.17) is 31.8 Å². The minimum Gasteiger partial charge on any atom is -0.496 e. The van der Waals surface area contributed by atoms with Gasteiger partial charge in [0.2, 0.25) is 0 Å². The van der Waals surface area contributed by atoms with Crippen molar-refractivity contribution in [3.8, 4) is 22.8 Å². The Morgan fingerprint density at radius 3 is 2.61 bits per heavy atom. The van der Waals surface area contributed by atoms with Crippen molar-refractivity contribution in [1.82, 2.24) is 14.7 Å². The zero-order valence-electron chi connectivity index (χ0n) is 20.4. The lowest BCUT2D eigenvalue weighted by Gasteiger charge is -2.36. The summed E-state index contributed by atoms with van der Waals surface area (Å²) in [5, 5.41) is 4.19. The van der Waals surface area contributed by atoms with Crippen LogP contribution in [0.1, 0.15) is 36.3 Å². The lowest BCUT2D eigenvalue weighted by Crippen LogP contribution is -2.42. The number of benzene rings is 2. The van der Waals surface area contributed by atoms with Gasteiger partial charge in [-0.05, 0) is 60.7 Å². The Bertz CT molecular complexity index is 1360. The number of aromatic nitrogens is 2. The van der Waals surface area contributed by atoms with Gasteiger partial charge in [-0.2, -0.15) is 0 Å². The standard InChI is InChI=1S/C28H30ClFN4O2/c1-35-26-14-27(36-2)23(29)13-22(26)25-16-34-10-9-18(11-28(34)33-25)21-12-20(31)7-8-24(21)32-15-17-3-5-19(30)6-4-17/h3-6,9-11,13-14,16,20-21,24,32H,7-8,12,15,31H2,1-2H3/t20-,21?,24-/m1/s1. The number of fused-ring (bicyclic) bond motifs is 1. The number of ether oxygens (including phenoxy) is 2. The van der Waals surface area contributed by atoms with Crippen molar-refractivity contribution < 1.29 is 13.9 Å². The average Bonchev–Trinajstić information content (AvgIpc) is 3.32. The molecule has 0 radical (unpaired) electrons. The van der Waals surface area contributed by atoms with Crippen LogP contribution in [0, 0.1) is 5.82 Å². The van der Waals surface area contributed by atoms with Crippen molar-refractivity contribution >= 4 is 17.2 Å². The molecule has 2 aromatic carbocycles. The van der Waals surface area contributed by atoms with Crippen LogP contribution >= 0.6 is 11.6 Å². The fourth-order valence-electron chi connectivity index (χ4n) is 5.09. The molecule has 36 heavy (non-hydrogen) atoms. The van der Waals surface area contributed by atoms with Gasteiger partial charge < -0.3 is 24.9 Å². The third-order valence-electron chi connectivity index (χ3n) is 7.03. The summed E-state index contributed by atoms with van der Waals surface area (Å²) < 4.78 is 26.2. The number of imidazole rings is 1.